The molecule has 0 saturated carbocycles. The van der Waals surface area contributed by atoms with Crippen LogP contribution in [-0.2, 0) is 4.79 Å². The van der Waals surface area contributed by atoms with Gasteiger partial charge in [0.25, 0.3) is 5.56 Å². The van der Waals surface area contributed by atoms with E-state index in [-0.39, 0.29) is 11.5 Å². The van der Waals surface area contributed by atoms with Crippen LogP contribution in [0.5, 0.6) is 0 Å². The zero-order valence-electron chi connectivity index (χ0n) is 11.4. The minimum Gasteiger partial charge on any atom is -0.368 e. The predicted molar refractivity (Wildman–Crippen MR) is 78.8 cm³/mol. The van der Waals surface area contributed by atoms with Gasteiger partial charge in [0.15, 0.2) is 5.82 Å². The number of anilines is 1. The smallest absolute Gasteiger partial charge is 0.272 e. The number of H-pyrrole nitrogens is 1. The summed E-state index contributed by atoms with van der Waals surface area (Å²) in [6.07, 6.45) is 1.29. The molecule has 2 aromatic rings. The Morgan fingerprint density at radius 1 is 1.25 bits per heavy atom. The SMILES string of the molecule is CCC(=O)NCCCNc1n[nH]c(=O)c2ccccc12. The van der Waals surface area contributed by atoms with E-state index >= 15 is 0 Å². The summed E-state index contributed by atoms with van der Waals surface area (Å²) in [5, 5.41) is 13.9. The Balaban J connectivity index is 1.95. The Morgan fingerprint density at radius 3 is 2.75 bits per heavy atom. The van der Waals surface area contributed by atoms with E-state index in [0.717, 1.165) is 11.8 Å². The third-order valence-electron chi connectivity index (χ3n) is 2.99. The normalized spacial score (nSPS) is 10.4. The fourth-order valence-corrected chi connectivity index (χ4v) is 1.90. The van der Waals surface area contributed by atoms with Gasteiger partial charge >= 0.3 is 0 Å². The maximum Gasteiger partial charge on any atom is 0.272 e. The van der Waals surface area contributed by atoms with Crippen molar-refractivity contribution >= 4 is 22.5 Å². The first kappa shape index (κ1) is 14.0. The summed E-state index contributed by atoms with van der Waals surface area (Å²) in [6.45, 7) is 3.12. The van der Waals surface area contributed by atoms with Crippen LogP contribution in [0.3, 0.4) is 0 Å². The molecule has 3 N–H and O–H groups in total. The highest BCUT2D eigenvalue weighted by atomic mass is 16.1. The number of benzene rings is 1. The second kappa shape index (κ2) is 6.70. The fraction of sp³-hybridized carbons (Fsp3) is 0.357. The predicted octanol–water partition coefficient (Wildman–Crippen LogP) is 1.25. The average Bonchev–Trinajstić information content (AvgIpc) is 2.49. The number of hydrogen-bond donors (Lipinski definition) is 3. The number of amides is 1. The van der Waals surface area contributed by atoms with Crippen molar-refractivity contribution in [1.82, 2.24) is 15.5 Å². The molecule has 0 aliphatic carbocycles. The van der Waals surface area contributed by atoms with E-state index in [1.165, 1.54) is 0 Å². The van der Waals surface area contributed by atoms with E-state index in [2.05, 4.69) is 20.8 Å². The Kier molecular flexibility index (Phi) is 4.70. The summed E-state index contributed by atoms with van der Waals surface area (Å²) in [6, 6.07) is 7.32. The summed E-state index contributed by atoms with van der Waals surface area (Å²) < 4.78 is 0. The van der Waals surface area contributed by atoms with Crippen LogP contribution in [0.2, 0.25) is 0 Å². The molecule has 0 saturated heterocycles. The molecular formula is C14H18N4O2. The number of aromatic nitrogens is 2. The van der Waals surface area contributed by atoms with Crippen LogP contribution in [0.25, 0.3) is 10.8 Å². The van der Waals surface area contributed by atoms with Gasteiger partial charge in [0, 0.05) is 24.9 Å². The third-order valence-corrected chi connectivity index (χ3v) is 2.99. The highest BCUT2D eigenvalue weighted by Crippen LogP contribution is 2.16. The first-order valence-electron chi connectivity index (χ1n) is 6.70. The summed E-state index contributed by atoms with van der Waals surface area (Å²) >= 11 is 0. The highest BCUT2D eigenvalue weighted by molar-refractivity contribution is 5.90. The molecule has 0 spiro atoms. The topological polar surface area (TPSA) is 86.9 Å². The molecule has 1 aromatic carbocycles. The van der Waals surface area contributed by atoms with Crippen molar-refractivity contribution in [3.63, 3.8) is 0 Å². The van der Waals surface area contributed by atoms with Crippen LogP contribution >= 0.6 is 0 Å². The number of carbonyl (C=O) groups is 1. The largest absolute Gasteiger partial charge is 0.368 e. The molecule has 2 rings (SSSR count). The Bertz CT molecular complexity index is 651. The average molecular weight is 274 g/mol. The van der Waals surface area contributed by atoms with Crippen LogP contribution in [0.1, 0.15) is 19.8 Å². The van der Waals surface area contributed by atoms with E-state index in [1.54, 1.807) is 6.07 Å². The van der Waals surface area contributed by atoms with Gasteiger partial charge < -0.3 is 10.6 Å². The van der Waals surface area contributed by atoms with Gasteiger partial charge in [-0.1, -0.05) is 25.1 Å². The van der Waals surface area contributed by atoms with Crippen LogP contribution in [0.4, 0.5) is 5.82 Å². The Hall–Kier alpha value is -2.37. The monoisotopic (exact) mass is 274 g/mol. The first-order valence-corrected chi connectivity index (χ1v) is 6.70. The second-order valence-corrected chi connectivity index (χ2v) is 4.43. The molecule has 6 heteroatoms. The van der Waals surface area contributed by atoms with E-state index < -0.39 is 0 Å². The number of carbonyl (C=O) groups excluding carboxylic acids is 1. The van der Waals surface area contributed by atoms with Crippen LogP contribution in [0, 0.1) is 0 Å². The molecule has 0 aliphatic rings. The molecule has 1 amide bonds. The molecule has 6 nitrogen and oxygen atoms in total. The van der Waals surface area contributed by atoms with E-state index in [0.29, 0.717) is 30.7 Å². The Labute approximate surface area is 116 Å². The number of nitrogens with zero attached hydrogens (tertiary/aromatic N) is 1. The lowest BCUT2D eigenvalue weighted by Crippen LogP contribution is -2.25. The standard InChI is InChI=1S/C14H18N4O2/c1-2-12(19)15-8-5-9-16-13-10-6-3-4-7-11(10)14(20)18-17-13/h3-4,6-7H,2,5,8-9H2,1H3,(H,15,19)(H,16,17)(H,18,20). The van der Waals surface area contributed by atoms with Crippen LogP contribution in [0.15, 0.2) is 29.1 Å². The van der Waals surface area contributed by atoms with Crippen molar-refractivity contribution < 1.29 is 4.79 Å². The Morgan fingerprint density at radius 2 is 2.00 bits per heavy atom. The minimum atomic E-state index is -0.193. The van der Waals surface area contributed by atoms with Crippen molar-refractivity contribution in [3.8, 4) is 0 Å². The molecule has 1 heterocycles. The zero-order chi connectivity index (χ0) is 14.4. The van der Waals surface area contributed by atoms with Gasteiger partial charge in [0.05, 0.1) is 5.39 Å². The first-order chi connectivity index (χ1) is 9.72. The number of fused-ring (bicyclic) bond motifs is 1. The summed E-state index contributed by atoms with van der Waals surface area (Å²) in [7, 11) is 0. The molecule has 20 heavy (non-hydrogen) atoms. The molecule has 0 unspecified atom stereocenters. The quantitative estimate of drug-likeness (QED) is 0.692. The van der Waals surface area contributed by atoms with Crippen molar-refractivity contribution in [1.29, 1.82) is 0 Å². The van der Waals surface area contributed by atoms with E-state index in [1.807, 2.05) is 25.1 Å². The van der Waals surface area contributed by atoms with Gasteiger partial charge in [-0.3, -0.25) is 9.59 Å². The summed E-state index contributed by atoms with van der Waals surface area (Å²) in [5.74, 6) is 0.708. The summed E-state index contributed by atoms with van der Waals surface area (Å²) in [4.78, 5) is 22.7. The fourth-order valence-electron chi connectivity index (χ4n) is 1.90. The second-order valence-electron chi connectivity index (χ2n) is 4.43. The van der Waals surface area contributed by atoms with Crippen molar-refractivity contribution in [2.24, 2.45) is 0 Å². The van der Waals surface area contributed by atoms with Gasteiger partial charge in [-0.25, -0.2) is 5.10 Å². The molecule has 0 bridgehead atoms. The molecule has 106 valence electrons. The molecule has 0 fully saturated rings. The van der Waals surface area contributed by atoms with Crippen molar-refractivity contribution in [3.05, 3.63) is 34.6 Å². The lowest BCUT2D eigenvalue weighted by molar-refractivity contribution is -0.120. The van der Waals surface area contributed by atoms with Gasteiger partial charge in [-0.2, -0.15) is 5.10 Å². The van der Waals surface area contributed by atoms with Gasteiger partial charge in [0.1, 0.15) is 0 Å². The van der Waals surface area contributed by atoms with Crippen molar-refractivity contribution in [2.45, 2.75) is 19.8 Å². The number of nitrogens with one attached hydrogen (secondary N) is 3. The molecule has 1 aromatic heterocycles. The van der Waals surface area contributed by atoms with E-state index in [9.17, 15) is 9.59 Å². The maximum atomic E-state index is 11.6. The number of rotatable bonds is 6. The van der Waals surface area contributed by atoms with Crippen LogP contribution in [-0.4, -0.2) is 29.2 Å². The lowest BCUT2D eigenvalue weighted by Gasteiger charge is -2.08. The molecule has 0 atom stereocenters. The van der Waals surface area contributed by atoms with Crippen molar-refractivity contribution in [2.75, 3.05) is 18.4 Å². The minimum absolute atomic E-state index is 0.0533. The zero-order valence-corrected chi connectivity index (χ0v) is 11.4. The number of hydrogen-bond acceptors (Lipinski definition) is 4. The third kappa shape index (κ3) is 3.34. The van der Waals surface area contributed by atoms with E-state index in [4.69, 9.17) is 0 Å². The maximum absolute atomic E-state index is 11.6. The van der Waals surface area contributed by atoms with Gasteiger partial charge in [0.2, 0.25) is 5.91 Å². The van der Waals surface area contributed by atoms with Crippen LogP contribution < -0.4 is 16.2 Å². The molecule has 0 radical (unpaired) electrons. The molecular weight excluding hydrogens is 256 g/mol. The van der Waals surface area contributed by atoms with Gasteiger partial charge in [-0.05, 0) is 12.5 Å². The van der Waals surface area contributed by atoms with Gasteiger partial charge in [-0.15, -0.1) is 0 Å². The molecule has 0 aliphatic heterocycles. The summed E-state index contributed by atoms with van der Waals surface area (Å²) in [5.41, 5.74) is -0.193. The lowest BCUT2D eigenvalue weighted by atomic mass is 10.2. The number of aromatic amines is 1. The highest BCUT2D eigenvalue weighted by Gasteiger charge is 2.04.